The van der Waals surface area contributed by atoms with Gasteiger partial charge in [-0.1, -0.05) is 57.2 Å². The number of ether oxygens (including phenoxy) is 2. The summed E-state index contributed by atoms with van der Waals surface area (Å²) in [7, 11) is 0. The quantitative estimate of drug-likeness (QED) is 0.691. The Morgan fingerprint density at radius 2 is 1.59 bits per heavy atom. The highest BCUT2D eigenvalue weighted by Crippen LogP contribution is 2.47. The molecule has 0 spiro atoms. The first kappa shape index (κ1) is 13.4. The van der Waals surface area contributed by atoms with E-state index in [0.29, 0.717) is 0 Å². The molecule has 4 rings (SSSR count). The molecule has 1 aliphatic carbocycles. The van der Waals surface area contributed by atoms with Gasteiger partial charge in [0.15, 0.2) is 11.5 Å². The van der Waals surface area contributed by atoms with Crippen LogP contribution >= 0.6 is 0 Å². The van der Waals surface area contributed by atoms with Crippen LogP contribution in [0.4, 0.5) is 0 Å². The fourth-order valence-electron chi connectivity index (χ4n) is 3.31. The van der Waals surface area contributed by atoms with Crippen LogP contribution in [-0.2, 0) is 6.42 Å². The van der Waals surface area contributed by atoms with E-state index in [0.717, 1.165) is 23.7 Å². The normalized spacial score (nSPS) is 19.5. The van der Waals surface area contributed by atoms with Crippen LogP contribution in [0.2, 0.25) is 0 Å². The van der Waals surface area contributed by atoms with Gasteiger partial charge in [-0.25, -0.2) is 0 Å². The second kappa shape index (κ2) is 4.64. The van der Waals surface area contributed by atoms with Gasteiger partial charge in [-0.3, -0.25) is 0 Å². The Kier molecular flexibility index (Phi) is 2.83. The predicted molar refractivity (Wildman–Crippen MR) is 88.0 cm³/mol. The zero-order valence-electron chi connectivity index (χ0n) is 13.2. The van der Waals surface area contributed by atoms with E-state index in [1.807, 2.05) is 24.3 Å². The molecule has 0 saturated heterocycles. The molecular formula is C20H20O2. The summed E-state index contributed by atoms with van der Waals surface area (Å²) in [5.74, 6) is 2.66. The van der Waals surface area contributed by atoms with Crippen LogP contribution in [0.15, 0.2) is 54.3 Å². The van der Waals surface area contributed by atoms with Gasteiger partial charge in [-0.2, -0.15) is 0 Å². The summed E-state index contributed by atoms with van der Waals surface area (Å²) >= 11 is 0. The molecule has 2 nitrogen and oxygen atoms in total. The van der Waals surface area contributed by atoms with Crippen molar-refractivity contribution in [3.8, 4) is 11.5 Å². The van der Waals surface area contributed by atoms with E-state index in [9.17, 15) is 0 Å². The second-order valence-corrected chi connectivity index (χ2v) is 7.01. The number of fused-ring (bicyclic) bond motifs is 4. The number of para-hydroxylation sites is 2. The zero-order chi connectivity index (χ0) is 15.3. The van der Waals surface area contributed by atoms with Crippen LogP contribution in [0, 0.1) is 5.41 Å². The van der Waals surface area contributed by atoms with E-state index < -0.39 is 0 Å². The zero-order valence-corrected chi connectivity index (χ0v) is 13.2. The fourth-order valence-corrected chi connectivity index (χ4v) is 3.31. The molecule has 0 saturated carbocycles. The first-order valence-corrected chi connectivity index (χ1v) is 7.80. The van der Waals surface area contributed by atoms with Gasteiger partial charge in [0.1, 0.15) is 11.9 Å². The molecule has 2 aromatic carbocycles. The van der Waals surface area contributed by atoms with Crippen LogP contribution in [-0.4, -0.2) is 6.10 Å². The van der Waals surface area contributed by atoms with Crippen molar-refractivity contribution in [3.63, 3.8) is 0 Å². The minimum Gasteiger partial charge on any atom is -0.481 e. The van der Waals surface area contributed by atoms with Gasteiger partial charge in [0.25, 0.3) is 0 Å². The van der Waals surface area contributed by atoms with Crippen molar-refractivity contribution in [1.29, 1.82) is 0 Å². The Bertz CT molecular complexity index is 765. The standard InChI is InChI=1S/C20H20O2/c1-20(2,3)19-18-14-9-5-4-8-13(14)12-17(18)21-15-10-6-7-11-16(15)22-19/h4-11,17H,12H2,1-3H3. The van der Waals surface area contributed by atoms with Crippen LogP contribution in [0.5, 0.6) is 11.5 Å². The first-order chi connectivity index (χ1) is 10.5. The smallest absolute Gasteiger partial charge is 0.168 e. The minimum atomic E-state index is -0.0775. The third-order valence-electron chi connectivity index (χ3n) is 4.29. The van der Waals surface area contributed by atoms with Crippen LogP contribution in [0.1, 0.15) is 31.9 Å². The predicted octanol–water partition coefficient (Wildman–Crippen LogP) is 4.84. The third-order valence-corrected chi connectivity index (χ3v) is 4.29. The molecule has 1 atom stereocenters. The SMILES string of the molecule is CC(C)(C)C1=C2c3ccccc3CC2Oc2ccccc2O1. The Balaban J connectivity index is 1.95. The number of hydrogen-bond donors (Lipinski definition) is 0. The van der Waals surface area contributed by atoms with Crippen molar-refractivity contribution in [2.24, 2.45) is 5.41 Å². The average Bonchev–Trinajstić information content (AvgIpc) is 2.73. The lowest BCUT2D eigenvalue weighted by molar-refractivity contribution is 0.262. The lowest BCUT2D eigenvalue weighted by Crippen LogP contribution is -2.21. The van der Waals surface area contributed by atoms with Crippen molar-refractivity contribution in [2.45, 2.75) is 33.3 Å². The van der Waals surface area contributed by atoms with Gasteiger partial charge in [-0.15, -0.1) is 0 Å². The van der Waals surface area contributed by atoms with Crippen LogP contribution < -0.4 is 9.47 Å². The Hall–Kier alpha value is -2.22. The van der Waals surface area contributed by atoms with E-state index in [2.05, 4.69) is 45.0 Å². The fraction of sp³-hybridized carbons (Fsp3) is 0.300. The third kappa shape index (κ3) is 2.02. The van der Waals surface area contributed by atoms with Crippen LogP contribution in [0.25, 0.3) is 5.57 Å². The molecule has 112 valence electrons. The average molecular weight is 292 g/mol. The first-order valence-electron chi connectivity index (χ1n) is 7.80. The minimum absolute atomic E-state index is 0.0373. The maximum atomic E-state index is 6.35. The van der Waals surface area contributed by atoms with Crippen molar-refractivity contribution >= 4 is 5.57 Å². The number of benzene rings is 2. The molecule has 0 N–H and O–H groups in total. The molecule has 0 aromatic heterocycles. The van der Waals surface area contributed by atoms with E-state index >= 15 is 0 Å². The highest BCUT2D eigenvalue weighted by Gasteiger charge is 2.38. The second-order valence-electron chi connectivity index (χ2n) is 7.01. The highest BCUT2D eigenvalue weighted by atomic mass is 16.5. The van der Waals surface area contributed by atoms with Gasteiger partial charge in [0.05, 0.1) is 0 Å². The van der Waals surface area contributed by atoms with Crippen molar-refractivity contribution in [3.05, 3.63) is 65.4 Å². The summed E-state index contributed by atoms with van der Waals surface area (Å²) in [6, 6.07) is 16.5. The Morgan fingerprint density at radius 3 is 2.36 bits per heavy atom. The summed E-state index contributed by atoms with van der Waals surface area (Å²) in [4.78, 5) is 0. The van der Waals surface area contributed by atoms with E-state index in [-0.39, 0.29) is 11.5 Å². The lowest BCUT2D eigenvalue weighted by atomic mass is 9.88. The maximum Gasteiger partial charge on any atom is 0.168 e. The maximum absolute atomic E-state index is 6.35. The Morgan fingerprint density at radius 1 is 0.909 bits per heavy atom. The van der Waals surface area contributed by atoms with Gasteiger partial charge in [0.2, 0.25) is 0 Å². The van der Waals surface area contributed by atoms with E-state index in [1.54, 1.807) is 0 Å². The monoisotopic (exact) mass is 292 g/mol. The van der Waals surface area contributed by atoms with Gasteiger partial charge < -0.3 is 9.47 Å². The van der Waals surface area contributed by atoms with E-state index in [4.69, 9.17) is 9.47 Å². The van der Waals surface area contributed by atoms with Gasteiger partial charge in [0, 0.05) is 17.4 Å². The topological polar surface area (TPSA) is 18.5 Å². The molecule has 0 amide bonds. The molecule has 1 unspecified atom stereocenters. The number of allylic oxidation sites excluding steroid dienone is 1. The molecule has 1 heterocycles. The number of hydrogen-bond acceptors (Lipinski definition) is 2. The molecule has 0 radical (unpaired) electrons. The lowest BCUT2D eigenvalue weighted by Gasteiger charge is -2.25. The summed E-state index contributed by atoms with van der Waals surface area (Å²) in [6.07, 6.45) is 0.943. The largest absolute Gasteiger partial charge is 0.481 e. The van der Waals surface area contributed by atoms with Gasteiger partial charge >= 0.3 is 0 Å². The number of rotatable bonds is 0. The van der Waals surface area contributed by atoms with E-state index in [1.165, 1.54) is 16.7 Å². The molecule has 2 heteroatoms. The highest BCUT2D eigenvalue weighted by molar-refractivity contribution is 5.79. The van der Waals surface area contributed by atoms with Crippen molar-refractivity contribution in [1.82, 2.24) is 0 Å². The molecular weight excluding hydrogens is 272 g/mol. The molecule has 2 aromatic rings. The Labute approximate surface area is 131 Å². The molecule has 0 fully saturated rings. The summed E-state index contributed by atoms with van der Waals surface area (Å²) in [5, 5.41) is 0. The molecule has 1 aliphatic heterocycles. The van der Waals surface area contributed by atoms with Crippen LogP contribution in [0.3, 0.4) is 0 Å². The van der Waals surface area contributed by atoms with Crippen molar-refractivity contribution in [2.75, 3.05) is 0 Å². The summed E-state index contributed by atoms with van der Waals surface area (Å²) in [5.41, 5.74) is 3.74. The summed E-state index contributed by atoms with van der Waals surface area (Å²) in [6.45, 7) is 6.59. The molecule has 0 bridgehead atoms. The van der Waals surface area contributed by atoms with Crippen molar-refractivity contribution < 1.29 is 9.47 Å². The molecule has 2 aliphatic rings. The van der Waals surface area contributed by atoms with Gasteiger partial charge in [-0.05, 0) is 23.3 Å². The summed E-state index contributed by atoms with van der Waals surface area (Å²) < 4.78 is 12.7. The molecule has 22 heavy (non-hydrogen) atoms.